The molecular weight excluding hydrogens is 411 g/mol. The summed E-state index contributed by atoms with van der Waals surface area (Å²) in [5.74, 6) is -0.549. The van der Waals surface area contributed by atoms with Crippen molar-refractivity contribution in [1.82, 2.24) is 0 Å². The lowest BCUT2D eigenvalue weighted by Gasteiger charge is -2.31. The van der Waals surface area contributed by atoms with Gasteiger partial charge in [-0.3, -0.25) is 9.69 Å². The number of carbonyl (C=O) groups excluding carboxylic acids is 2. The van der Waals surface area contributed by atoms with E-state index in [0.717, 1.165) is 44.5 Å². The molecule has 0 saturated carbocycles. The van der Waals surface area contributed by atoms with E-state index in [1.165, 1.54) is 17.0 Å². The maximum absolute atomic E-state index is 13.3. The minimum absolute atomic E-state index is 0.118. The van der Waals surface area contributed by atoms with E-state index in [2.05, 4.69) is 5.32 Å². The van der Waals surface area contributed by atoms with Gasteiger partial charge in [0.15, 0.2) is 0 Å². The SMILES string of the molecule is O=C(Nc1cc(C(F)(F)F)ccc1N1CCCCC1)c1cccc(N2CCOC2=O)c1. The smallest absolute Gasteiger partial charge is 0.416 e. The van der Waals surface area contributed by atoms with Crippen molar-refractivity contribution >= 4 is 29.1 Å². The van der Waals surface area contributed by atoms with Gasteiger partial charge >= 0.3 is 12.3 Å². The molecule has 0 aliphatic carbocycles. The lowest BCUT2D eigenvalue weighted by Crippen LogP contribution is -2.30. The fourth-order valence-corrected chi connectivity index (χ4v) is 3.86. The van der Waals surface area contributed by atoms with Gasteiger partial charge in [-0.2, -0.15) is 13.2 Å². The lowest BCUT2D eigenvalue weighted by atomic mass is 10.1. The van der Waals surface area contributed by atoms with Crippen LogP contribution < -0.4 is 15.1 Å². The molecule has 2 fully saturated rings. The molecule has 0 bridgehead atoms. The Morgan fingerprint density at radius 3 is 2.45 bits per heavy atom. The number of benzene rings is 2. The van der Waals surface area contributed by atoms with Crippen LogP contribution in [0.15, 0.2) is 42.5 Å². The third-order valence-electron chi connectivity index (χ3n) is 5.45. The topological polar surface area (TPSA) is 61.9 Å². The largest absolute Gasteiger partial charge is 0.447 e. The van der Waals surface area contributed by atoms with Crippen LogP contribution in [0.2, 0.25) is 0 Å². The highest BCUT2D eigenvalue weighted by Gasteiger charge is 2.32. The number of carbonyl (C=O) groups is 2. The summed E-state index contributed by atoms with van der Waals surface area (Å²) in [5.41, 5.74) is 0.597. The first kappa shape index (κ1) is 21.0. The molecule has 0 atom stereocenters. The van der Waals surface area contributed by atoms with E-state index in [4.69, 9.17) is 4.74 Å². The number of amides is 2. The Morgan fingerprint density at radius 1 is 1.00 bits per heavy atom. The van der Waals surface area contributed by atoms with E-state index >= 15 is 0 Å². The number of nitrogens with one attached hydrogen (secondary N) is 1. The van der Waals surface area contributed by atoms with Gasteiger partial charge in [-0.25, -0.2) is 4.79 Å². The van der Waals surface area contributed by atoms with Crippen LogP contribution in [0, 0.1) is 0 Å². The van der Waals surface area contributed by atoms with Crippen molar-refractivity contribution in [2.24, 2.45) is 0 Å². The molecule has 164 valence electrons. The maximum Gasteiger partial charge on any atom is 0.416 e. The van der Waals surface area contributed by atoms with Gasteiger partial charge in [-0.1, -0.05) is 6.07 Å². The molecule has 0 spiro atoms. The minimum Gasteiger partial charge on any atom is -0.447 e. The van der Waals surface area contributed by atoms with Crippen molar-refractivity contribution in [3.05, 3.63) is 53.6 Å². The zero-order valence-electron chi connectivity index (χ0n) is 16.7. The highest BCUT2D eigenvalue weighted by Crippen LogP contribution is 2.36. The van der Waals surface area contributed by atoms with E-state index in [0.29, 0.717) is 17.9 Å². The second-order valence-corrected chi connectivity index (χ2v) is 7.55. The third kappa shape index (κ3) is 4.60. The highest BCUT2D eigenvalue weighted by molar-refractivity contribution is 6.07. The molecule has 2 heterocycles. The number of nitrogens with zero attached hydrogens (tertiary/aromatic N) is 2. The first-order valence-corrected chi connectivity index (χ1v) is 10.1. The summed E-state index contributed by atoms with van der Waals surface area (Å²) in [6.07, 6.45) is -2.05. The zero-order chi connectivity index (χ0) is 22.0. The molecule has 2 aromatic rings. The highest BCUT2D eigenvalue weighted by atomic mass is 19.4. The molecule has 2 aliphatic rings. The molecule has 31 heavy (non-hydrogen) atoms. The van der Waals surface area contributed by atoms with E-state index in [9.17, 15) is 22.8 Å². The Hall–Kier alpha value is -3.23. The first-order valence-electron chi connectivity index (χ1n) is 10.1. The average molecular weight is 433 g/mol. The van der Waals surface area contributed by atoms with Gasteiger partial charge in [0, 0.05) is 24.3 Å². The molecule has 2 saturated heterocycles. The fourth-order valence-electron chi connectivity index (χ4n) is 3.86. The Balaban J connectivity index is 1.62. The predicted octanol–water partition coefficient (Wildman–Crippen LogP) is 4.90. The molecule has 0 aromatic heterocycles. The number of halogens is 3. The molecule has 0 unspecified atom stereocenters. The van der Waals surface area contributed by atoms with Crippen molar-refractivity contribution in [2.45, 2.75) is 25.4 Å². The van der Waals surface area contributed by atoms with Gasteiger partial charge in [0.05, 0.1) is 23.5 Å². The van der Waals surface area contributed by atoms with Crippen molar-refractivity contribution in [3.8, 4) is 0 Å². The van der Waals surface area contributed by atoms with E-state index in [1.807, 2.05) is 4.90 Å². The Labute approximate surface area is 177 Å². The minimum atomic E-state index is -4.52. The molecule has 2 aliphatic heterocycles. The zero-order valence-corrected chi connectivity index (χ0v) is 16.7. The summed E-state index contributed by atoms with van der Waals surface area (Å²) >= 11 is 0. The van der Waals surface area contributed by atoms with Crippen molar-refractivity contribution in [1.29, 1.82) is 0 Å². The molecule has 2 aromatic carbocycles. The van der Waals surface area contributed by atoms with Gasteiger partial charge in [0.2, 0.25) is 0 Å². The quantitative estimate of drug-likeness (QED) is 0.745. The van der Waals surface area contributed by atoms with Crippen molar-refractivity contribution in [2.75, 3.05) is 41.4 Å². The predicted molar refractivity (Wildman–Crippen MR) is 111 cm³/mol. The van der Waals surface area contributed by atoms with Crippen LogP contribution >= 0.6 is 0 Å². The number of rotatable bonds is 4. The van der Waals surface area contributed by atoms with Crippen LogP contribution in [0.4, 0.5) is 35.0 Å². The lowest BCUT2D eigenvalue weighted by molar-refractivity contribution is -0.137. The van der Waals surface area contributed by atoms with Gasteiger partial charge < -0.3 is 15.0 Å². The second-order valence-electron chi connectivity index (χ2n) is 7.55. The van der Waals surface area contributed by atoms with Gasteiger partial charge in [-0.05, 0) is 55.7 Å². The number of cyclic esters (lactones) is 1. The van der Waals surface area contributed by atoms with Gasteiger partial charge in [0.1, 0.15) is 6.61 Å². The molecular formula is C22H22F3N3O3. The van der Waals surface area contributed by atoms with E-state index < -0.39 is 23.7 Å². The van der Waals surface area contributed by atoms with Crippen molar-refractivity contribution < 1.29 is 27.5 Å². The number of ether oxygens (including phenoxy) is 1. The van der Waals surface area contributed by atoms with Crippen LogP contribution in [0.5, 0.6) is 0 Å². The first-order chi connectivity index (χ1) is 14.8. The molecule has 0 radical (unpaired) electrons. The normalized spacial score (nSPS) is 16.9. The summed E-state index contributed by atoms with van der Waals surface area (Å²) in [4.78, 5) is 28.1. The van der Waals surface area contributed by atoms with Gasteiger partial charge in [-0.15, -0.1) is 0 Å². The Bertz CT molecular complexity index is 987. The summed E-state index contributed by atoms with van der Waals surface area (Å²) in [7, 11) is 0. The van der Waals surface area contributed by atoms with E-state index in [1.54, 1.807) is 18.2 Å². The summed E-state index contributed by atoms with van der Waals surface area (Å²) in [6, 6.07) is 9.80. The van der Waals surface area contributed by atoms with Crippen LogP contribution in [0.1, 0.15) is 35.2 Å². The monoisotopic (exact) mass is 433 g/mol. The maximum atomic E-state index is 13.3. The number of alkyl halides is 3. The number of hydrogen-bond donors (Lipinski definition) is 1. The molecule has 6 nitrogen and oxygen atoms in total. The van der Waals surface area contributed by atoms with Crippen molar-refractivity contribution in [3.63, 3.8) is 0 Å². The molecule has 4 rings (SSSR count). The van der Waals surface area contributed by atoms with Crippen LogP contribution in [-0.4, -0.2) is 38.2 Å². The number of piperidine rings is 1. The molecule has 2 amide bonds. The summed E-state index contributed by atoms with van der Waals surface area (Å²) < 4.78 is 44.8. The van der Waals surface area contributed by atoms with Crippen LogP contribution in [-0.2, 0) is 10.9 Å². The second kappa shape index (κ2) is 8.49. The van der Waals surface area contributed by atoms with Gasteiger partial charge in [0.25, 0.3) is 5.91 Å². The number of hydrogen-bond acceptors (Lipinski definition) is 4. The molecule has 9 heteroatoms. The summed E-state index contributed by atoms with van der Waals surface area (Å²) in [6.45, 7) is 2.08. The standard InChI is InChI=1S/C22H22F3N3O3/c23-22(24,25)16-7-8-19(27-9-2-1-3-10-27)18(14-16)26-20(29)15-5-4-6-17(13-15)28-11-12-31-21(28)30/h4-8,13-14H,1-3,9-12H2,(H,26,29). The molecule has 1 N–H and O–H groups in total. The Morgan fingerprint density at radius 2 is 1.77 bits per heavy atom. The van der Waals surface area contributed by atoms with Crippen LogP contribution in [0.25, 0.3) is 0 Å². The Kier molecular flexibility index (Phi) is 5.75. The number of anilines is 3. The fraction of sp³-hybridized carbons (Fsp3) is 0.364. The summed E-state index contributed by atoms with van der Waals surface area (Å²) in [5, 5.41) is 2.65. The third-order valence-corrected chi connectivity index (χ3v) is 5.45. The van der Waals surface area contributed by atoms with E-state index in [-0.39, 0.29) is 17.9 Å². The van der Waals surface area contributed by atoms with Crippen LogP contribution in [0.3, 0.4) is 0 Å². The average Bonchev–Trinajstić information content (AvgIpc) is 3.19.